The predicted octanol–water partition coefficient (Wildman–Crippen LogP) is 5.18. The fourth-order valence-electron chi connectivity index (χ4n) is 2.22. The topological polar surface area (TPSA) is 66.5 Å². The molecule has 0 aliphatic heterocycles. The number of aryl methyl sites for hydroxylation is 1. The monoisotopic (exact) mass is 367 g/mol. The number of H-pyrrole nitrogens is 1. The number of hydrogen-bond acceptors (Lipinski definition) is 4. The average Bonchev–Trinajstić information content (AvgIpc) is 2.91. The van der Waals surface area contributed by atoms with Gasteiger partial charge >= 0.3 is 0 Å². The van der Waals surface area contributed by atoms with Gasteiger partial charge in [-0.25, -0.2) is 4.98 Å². The lowest BCUT2D eigenvalue weighted by Crippen LogP contribution is -1.98. The Kier molecular flexibility index (Phi) is 4.71. The molecule has 3 rings (SSSR count). The van der Waals surface area contributed by atoms with Gasteiger partial charge in [-0.3, -0.25) is 5.10 Å². The van der Waals surface area contributed by atoms with E-state index in [-0.39, 0.29) is 5.28 Å². The molecule has 3 aromatic rings. The normalized spacial score (nSPS) is 10.9. The Morgan fingerprint density at radius 1 is 1.17 bits per heavy atom. The number of anilines is 2. The van der Waals surface area contributed by atoms with Crippen LogP contribution in [0.1, 0.15) is 12.1 Å². The van der Waals surface area contributed by atoms with Crippen LogP contribution in [0, 0.1) is 0 Å². The quantitative estimate of drug-likeness (QED) is 0.481. The molecule has 0 atom stereocenters. The van der Waals surface area contributed by atoms with Gasteiger partial charge in [-0.05, 0) is 36.6 Å². The summed E-state index contributed by atoms with van der Waals surface area (Å²) in [4.78, 5) is 8.45. The fraction of sp³-hybridized carbons (Fsp3) is 0.133. The van der Waals surface area contributed by atoms with E-state index in [9.17, 15) is 0 Å². The van der Waals surface area contributed by atoms with E-state index in [4.69, 9.17) is 34.8 Å². The van der Waals surface area contributed by atoms with Crippen molar-refractivity contribution in [2.24, 2.45) is 0 Å². The molecule has 8 heteroatoms. The third kappa shape index (κ3) is 3.27. The van der Waals surface area contributed by atoms with E-state index < -0.39 is 0 Å². The van der Waals surface area contributed by atoms with Crippen LogP contribution in [0.15, 0.2) is 30.9 Å². The van der Waals surface area contributed by atoms with Crippen molar-refractivity contribution in [1.82, 2.24) is 20.2 Å². The number of para-hydroxylation sites is 1. The van der Waals surface area contributed by atoms with Gasteiger partial charge in [0.1, 0.15) is 0 Å². The summed E-state index contributed by atoms with van der Waals surface area (Å²) in [5, 5.41) is 12.2. The molecule has 118 valence electrons. The number of rotatable bonds is 5. The highest BCUT2D eigenvalue weighted by Crippen LogP contribution is 2.34. The first-order valence-corrected chi connectivity index (χ1v) is 7.96. The van der Waals surface area contributed by atoms with Crippen molar-refractivity contribution < 1.29 is 0 Å². The van der Waals surface area contributed by atoms with Crippen LogP contribution in [0.4, 0.5) is 11.5 Å². The summed E-state index contributed by atoms with van der Waals surface area (Å²) in [6.07, 6.45) is 3.26. The van der Waals surface area contributed by atoms with Crippen LogP contribution in [-0.4, -0.2) is 20.2 Å². The molecule has 2 heterocycles. The number of nitrogens with zero attached hydrogens (tertiary/aromatic N) is 3. The molecule has 0 spiro atoms. The van der Waals surface area contributed by atoms with Crippen LogP contribution in [-0.2, 0) is 6.42 Å². The van der Waals surface area contributed by atoms with Crippen molar-refractivity contribution in [2.75, 3.05) is 5.32 Å². The lowest BCUT2D eigenvalue weighted by molar-refractivity contribution is 0.947. The van der Waals surface area contributed by atoms with Gasteiger partial charge in [0, 0.05) is 0 Å². The van der Waals surface area contributed by atoms with Crippen LogP contribution in [0.2, 0.25) is 15.3 Å². The summed E-state index contributed by atoms with van der Waals surface area (Å²) in [5.74, 6) is 0.547. The van der Waals surface area contributed by atoms with Gasteiger partial charge in [-0.15, -0.1) is 6.58 Å². The lowest BCUT2D eigenvalue weighted by Gasteiger charge is -2.09. The number of nitrogens with one attached hydrogen (secondary N) is 2. The smallest absolute Gasteiger partial charge is 0.224 e. The number of benzene rings is 1. The zero-order valence-corrected chi connectivity index (χ0v) is 14.2. The number of fused-ring (bicyclic) bond motifs is 1. The van der Waals surface area contributed by atoms with Crippen LogP contribution < -0.4 is 5.32 Å². The van der Waals surface area contributed by atoms with Gasteiger partial charge in [-0.2, -0.15) is 10.1 Å². The molecule has 2 aromatic heterocycles. The molecular weight excluding hydrogens is 357 g/mol. The highest BCUT2D eigenvalue weighted by Gasteiger charge is 2.16. The Balaban J connectivity index is 2.09. The van der Waals surface area contributed by atoms with E-state index in [2.05, 4.69) is 32.1 Å². The Morgan fingerprint density at radius 2 is 1.91 bits per heavy atom. The molecule has 0 amide bonds. The minimum atomic E-state index is 0.169. The van der Waals surface area contributed by atoms with Crippen molar-refractivity contribution in [3.8, 4) is 0 Å². The third-order valence-corrected chi connectivity index (χ3v) is 4.06. The highest BCUT2D eigenvalue weighted by atomic mass is 35.5. The highest BCUT2D eigenvalue weighted by molar-refractivity contribution is 6.39. The number of aromatic nitrogens is 4. The first-order valence-electron chi connectivity index (χ1n) is 6.82. The van der Waals surface area contributed by atoms with Gasteiger partial charge in [0.2, 0.25) is 5.28 Å². The molecule has 5 nitrogen and oxygen atoms in total. The molecule has 0 saturated carbocycles. The first-order chi connectivity index (χ1) is 11.1. The van der Waals surface area contributed by atoms with Crippen LogP contribution in [0.25, 0.3) is 11.0 Å². The summed E-state index contributed by atoms with van der Waals surface area (Å²) in [7, 11) is 0. The minimum Gasteiger partial charge on any atom is -0.336 e. The molecule has 0 saturated heterocycles. The molecule has 0 bridgehead atoms. The number of allylic oxidation sites excluding steroid dienone is 1. The molecule has 2 N–H and O–H groups in total. The maximum absolute atomic E-state index is 6.20. The second-order valence-electron chi connectivity index (χ2n) is 4.78. The lowest BCUT2D eigenvalue weighted by atomic mass is 10.1. The molecule has 0 radical (unpaired) electrons. The molecule has 0 unspecified atom stereocenters. The summed E-state index contributed by atoms with van der Waals surface area (Å²) in [6, 6.07) is 5.27. The maximum Gasteiger partial charge on any atom is 0.224 e. The Morgan fingerprint density at radius 3 is 2.61 bits per heavy atom. The van der Waals surface area contributed by atoms with Crippen LogP contribution in [0.3, 0.4) is 0 Å². The molecule has 0 aliphatic rings. The van der Waals surface area contributed by atoms with Crippen LogP contribution in [0.5, 0.6) is 0 Å². The van der Waals surface area contributed by atoms with Crippen LogP contribution >= 0.6 is 34.8 Å². The van der Waals surface area contributed by atoms with Gasteiger partial charge in [0.25, 0.3) is 0 Å². The minimum absolute atomic E-state index is 0.169. The van der Waals surface area contributed by atoms with Gasteiger partial charge < -0.3 is 5.32 Å². The van der Waals surface area contributed by atoms with E-state index in [1.165, 1.54) is 0 Å². The van der Waals surface area contributed by atoms with Gasteiger partial charge in [0.15, 0.2) is 11.5 Å². The van der Waals surface area contributed by atoms with Crippen molar-refractivity contribution in [1.29, 1.82) is 0 Å². The van der Waals surface area contributed by atoms with Crippen molar-refractivity contribution in [3.63, 3.8) is 0 Å². The zero-order valence-electron chi connectivity index (χ0n) is 11.9. The first kappa shape index (κ1) is 16.1. The third-order valence-electron chi connectivity index (χ3n) is 3.26. The standard InChI is InChI=1S/C15H12Cl3N5/c1-2-3-7-10-11-13(22-23-14(11)21-15(18)19-10)20-12-8(16)5-4-6-9(12)17/h2,4-6H,1,3,7H2,(H2,19,20,21,22,23). The van der Waals surface area contributed by atoms with E-state index in [1.807, 2.05) is 6.08 Å². The number of halogens is 3. The fourth-order valence-corrected chi connectivity index (χ4v) is 2.90. The average molecular weight is 369 g/mol. The van der Waals surface area contributed by atoms with Crippen molar-refractivity contribution in [3.05, 3.63) is 51.9 Å². The van der Waals surface area contributed by atoms with E-state index >= 15 is 0 Å². The molecule has 0 fully saturated rings. The van der Waals surface area contributed by atoms with Gasteiger partial charge in [-0.1, -0.05) is 35.3 Å². The van der Waals surface area contributed by atoms with E-state index in [0.717, 1.165) is 17.5 Å². The summed E-state index contributed by atoms with van der Waals surface area (Å²) in [6.45, 7) is 3.73. The molecule has 0 aliphatic carbocycles. The molecule has 1 aromatic carbocycles. The van der Waals surface area contributed by atoms with E-state index in [0.29, 0.717) is 33.6 Å². The predicted molar refractivity (Wildman–Crippen MR) is 95.0 cm³/mol. The molecular formula is C15H12Cl3N5. The second-order valence-corrected chi connectivity index (χ2v) is 5.94. The number of hydrogen-bond donors (Lipinski definition) is 2. The summed E-state index contributed by atoms with van der Waals surface area (Å²) in [5.41, 5.74) is 1.91. The SMILES string of the molecule is C=CCCc1nc(Cl)nc2[nH]nc(Nc3c(Cl)cccc3Cl)c12. The van der Waals surface area contributed by atoms with Gasteiger partial charge in [0.05, 0.1) is 26.8 Å². The Bertz CT molecular complexity index is 855. The van der Waals surface area contributed by atoms with E-state index in [1.54, 1.807) is 18.2 Å². The van der Waals surface area contributed by atoms with Crippen molar-refractivity contribution in [2.45, 2.75) is 12.8 Å². The maximum atomic E-state index is 6.20. The Labute approximate surface area is 147 Å². The number of aromatic amines is 1. The second kappa shape index (κ2) is 6.74. The Hall–Kier alpha value is -1.82. The van der Waals surface area contributed by atoms with Crippen molar-refractivity contribution >= 4 is 57.3 Å². The largest absolute Gasteiger partial charge is 0.336 e. The summed E-state index contributed by atoms with van der Waals surface area (Å²) < 4.78 is 0. The zero-order chi connectivity index (χ0) is 16.4. The molecule has 23 heavy (non-hydrogen) atoms. The summed E-state index contributed by atoms with van der Waals surface area (Å²) >= 11 is 18.4.